The Morgan fingerprint density at radius 1 is 1.61 bits per heavy atom. The molecule has 0 saturated heterocycles. The van der Waals surface area contributed by atoms with Gasteiger partial charge in [-0.3, -0.25) is 10.1 Å². The van der Waals surface area contributed by atoms with E-state index in [4.69, 9.17) is 11.6 Å². The van der Waals surface area contributed by atoms with E-state index in [1.54, 1.807) is 0 Å². The highest BCUT2D eigenvalue weighted by Crippen LogP contribution is 2.29. The quantitative estimate of drug-likeness (QED) is 0.622. The van der Waals surface area contributed by atoms with Crippen LogP contribution in [-0.4, -0.2) is 34.2 Å². The van der Waals surface area contributed by atoms with E-state index in [9.17, 15) is 15.2 Å². The van der Waals surface area contributed by atoms with E-state index in [2.05, 4.69) is 5.32 Å². The third-order valence-corrected chi connectivity index (χ3v) is 3.98. The number of benzene rings is 1. The molecule has 1 aromatic rings. The number of hydrogen-bond donors (Lipinski definition) is 2. The summed E-state index contributed by atoms with van der Waals surface area (Å²) in [6.07, 6.45) is 1.88. The first-order chi connectivity index (χ1) is 8.49. The van der Waals surface area contributed by atoms with Crippen LogP contribution in [-0.2, 0) is 0 Å². The van der Waals surface area contributed by atoms with Gasteiger partial charge in [-0.2, -0.15) is 11.8 Å². The molecule has 0 aliphatic rings. The van der Waals surface area contributed by atoms with Gasteiger partial charge in [0.25, 0.3) is 5.69 Å². The van der Waals surface area contributed by atoms with Crippen molar-refractivity contribution in [2.75, 3.05) is 18.2 Å². The molecule has 2 N–H and O–H groups in total. The van der Waals surface area contributed by atoms with Crippen molar-refractivity contribution < 1.29 is 10.0 Å². The summed E-state index contributed by atoms with van der Waals surface area (Å²) in [4.78, 5) is 10.4. The van der Waals surface area contributed by atoms with E-state index in [0.717, 1.165) is 0 Å². The molecule has 0 radical (unpaired) electrons. The number of anilines is 1. The van der Waals surface area contributed by atoms with Gasteiger partial charge in [0.1, 0.15) is 5.69 Å². The smallest absolute Gasteiger partial charge is 0.292 e. The maximum Gasteiger partial charge on any atom is 0.292 e. The predicted molar refractivity (Wildman–Crippen MR) is 75.6 cm³/mol. The van der Waals surface area contributed by atoms with Gasteiger partial charge >= 0.3 is 0 Å². The Morgan fingerprint density at radius 3 is 2.78 bits per heavy atom. The summed E-state index contributed by atoms with van der Waals surface area (Å²) < 4.78 is 0. The second kappa shape index (κ2) is 6.82. The minimum atomic E-state index is -0.460. The van der Waals surface area contributed by atoms with E-state index in [1.807, 2.05) is 13.2 Å². The van der Waals surface area contributed by atoms with Gasteiger partial charge < -0.3 is 10.4 Å². The molecule has 1 aromatic carbocycles. The molecule has 0 fully saturated rings. The fourth-order valence-corrected chi connectivity index (χ4v) is 2.36. The van der Waals surface area contributed by atoms with Crippen LogP contribution in [0.2, 0.25) is 5.02 Å². The van der Waals surface area contributed by atoms with Crippen LogP contribution in [0.5, 0.6) is 0 Å². The van der Waals surface area contributed by atoms with Gasteiger partial charge in [-0.05, 0) is 25.3 Å². The van der Waals surface area contributed by atoms with Crippen LogP contribution < -0.4 is 5.32 Å². The number of nitrogens with zero attached hydrogens (tertiary/aromatic N) is 1. The maximum atomic E-state index is 10.9. The van der Waals surface area contributed by atoms with Crippen LogP contribution in [0.15, 0.2) is 18.2 Å². The number of nitro groups is 1. The van der Waals surface area contributed by atoms with E-state index in [1.165, 1.54) is 30.0 Å². The topological polar surface area (TPSA) is 75.4 Å². The Hall–Kier alpha value is -0.980. The summed E-state index contributed by atoms with van der Waals surface area (Å²) in [5, 5.41) is 23.5. The van der Waals surface area contributed by atoms with E-state index in [0.29, 0.717) is 10.7 Å². The van der Waals surface area contributed by atoms with Crippen LogP contribution in [0.1, 0.15) is 6.92 Å². The zero-order chi connectivity index (χ0) is 13.7. The number of thioether (sulfide) groups is 1. The first kappa shape index (κ1) is 15.1. The van der Waals surface area contributed by atoms with Crippen molar-refractivity contribution in [3.05, 3.63) is 33.3 Å². The molecule has 100 valence electrons. The Bertz CT molecular complexity index is 427. The molecule has 0 saturated carbocycles. The molecule has 0 spiro atoms. The highest BCUT2D eigenvalue weighted by molar-refractivity contribution is 7.99. The van der Waals surface area contributed by atoms with Crippen LogP contribution in [0.25, 0.3) is 0 Å². The summed E-state index contributed by atoms with van der Waals surface area (Å²) in [6.45, 7) is 1.87. The molecule has 7 heteroatoms. The standard InChI is InChI=1S/C11H15ClN2O3S/c1-7(11(6-15)18-2)13-9-5-8(12)3-4-10(9)14(16)17/h3-5,7,11,13,15H,6H2,1-2H3. The van der Waals surface area contributed by atoms with E-state index >= 15 is 0 Å². The van der Waals surface area contributed by atoms with Crippen molar-refractivity contribution in [1.29, 1.82) is 0 Å². The molecular weight excluding hydrogens is 276 g/mol. The summed E-state index contributed by atoms with van der Waals surface area (Å²) in [5.74, 6) is 0. The number of nitrogens with one attached hydrogen (secondary N) is 1. The Kier molecular flexibility index (Phi) is 5.71. The monoisotopic (exact) mass is 290 g/mol. The van der Waals surface area contributed by atoms with Crippen LogP contribution in [0, 0.1) is 10.1 Å². The lowest BCUT2D eigenvalue weighted by Gasteiger charge is -2.22. The van der Waals surface area contributed by atoms with E-state index in [-0.39, 0.29) is 23.6 Å². The number of hydrogen-bond acceptors (Lipinski definition) is 5. The van der Waals surface area contributed by atoms with Gasteiger partial charge in [-0.15, -0.1) is 0 Å². The SMILES string of the molecule is CSC(CO)C(C)Nc1cc(Cl)ccc1[N+](=O)[O-]. The first-order valence-corrected chi connectivity index (χ1v) is 7.00. The molecule has 18 heavy (non-hydrogen) atoms. The molecule has 0 aliphatic heterocycles. The second-order valence-electron chi connectivity index (χ2n) is 3.81. The molecular formula is C11H15ClN2O3S. The van der Waals surface area contributed by atoms with E-state index < -0.39 is 4.92 Å². The highest BCUT2D eigenvalue weighted by atomic mass is 35.5. The second-order valence-corrected chi connectivity index (χ2v) is 5.32. The summed E-state index contributed by atoms with van der Waals surface area (Å²) in [5.41, 5.74) is 0.344. The summed E-state index contributed by atoms with van der Waals surface area (Å²) >= 11 is 7.34. The minimum Gasteiger partial charge on any atom is -0.395 e. The zero-order valence-electron chi connectivity index (χ0n) is 10.1. The fraction of sp³-hybridized carbons (Fsp3) is 0.455. The summed E-state index contributed by atoms with van der Waals surface area (Å²) in [7, 11) is 0. The molecule has 2 atom stereocenters. The minimum absolute atomic E-state index is 0.00367. The van der Waals surface area contributed by atoms with Gasteiger partial charge in [0, 0.05) is 22.4 Å². The number of aliphatic hydroxyl groups is 1. The number of nitro benzene ring substituents is 1. The third kappa shape index (κ3) is 3.76. The van der Waals surface area contributed by atoms with Crippen molar-refractivity contribution in [3.8, 4) is 0 Å². The molecule has 0 aliphatic carbocycles. The lowest BCUT2D eigenvalue weighted by molar-refractivity contribution is -0.384. The van der Waals surface area contributed by atoms with Gasteiger partial charge in [-0.1, -0.05) is 11.6 Å². The Labute approximate surface area is 115 Å². The fourth-order valence-electron chi connectivity index (χ4n) is 1.56. The third-order valence-electron chi connectivity index (χ3n) is 2.58. The zero-order valence-corrected chi connectivity index (χ0v) is 11.7. The Morgan fingerprint density at radius 2 is 2.28 bits per heavy atom. The summed E-state index contributed by atoms with van der Waals surface area (Å²) in [6, 6.07) is 4.25. The van der Waals surface area contributed by atoms with Crippen molar-refractivity contribution in [2.45, 2.75) is 18.2 Å². The van der Waals surface area contributed by atoms with Gasteiger partial charge in [-0.25, -0.2) is 0 Å². The van der Waals surface area contributed by atoms with Gasteiger partial charge in [0.05, 0.1) is 11.5 Å². The molecule has 5 nitrogen and oxygen atoms in total. The molecule has 0 bridgehead atoms. The largest absolute Gasteiger partial charge is 0.395 e. The van der Waals surface area contributed by atoms with Crippen LogP contribution >= 0.6 is 23.4 Å². The normalized spacial score (nSPS) is 14.0. The lowest BCUT2D eigenvalue weighted by Crippen LogP contribution is -2.31. The number of halogens is 1. The molecule has 0 heterocycles. The van der Waals surface area contributed by atoms with Crippen LogP contribution in [0.4, 0.5) is 11.4 Å². The average molecular weight is 291 g/mol. The lowest BCUT2D eigenvalue weighted by atomic mass is 10.2. The van der Waals surface area contributed by atoms with Gasteiger partial charge in [0.2, 0.25) is 0 Å². The predicted octanol–water partition coefficient (Wildman–Crippen LogP) is 2.77. The maximum absolute atomic E-state index is 10.9. The first-order valence-electron chi connectivity index (χ1n) is 5.33. The van der Waals surface area contributed by atoms with Crippen molar-refractivity contribution in [1.82, 2.24) is 0 Å². The molecule has 2 unspecified atom stereocenters. The van der Waals surface area contributed by atoms with Crippen molar-refractivity contribution in [2.24, 2.45) is 0 Å². The highest BCUT2D eigenvalue weighted by Gasteiger charge is 2.20. The number of aliphatic hydroxyl groups excluding tert-OH is 1. The van der Waals surface area contributed by atoms with Crippen LogP contribution in [0.3, 0.4) is 0 Å². The molecule has 0 aromatic heterocycles. The van der Waals surface area contributed by atoms with Gasteiger partial charge in [0.15, 0.2) is 0 Å². The molecule has 1 rings (SSSR count). The van der Waals surface area contributed by atoms with Crippen molar-refractivity contribution >= 4 is 34.7 Å². The number of rotatable bonds is 6. The Balaban J connectivity index is 2.95. The average Bonchev–Trinajstić information content (AvgIpc) is 2.30. The molecule has 0 amide bonds. The van der Waals surface area contributed by atoms with Crippen molar-refractivity contribution in [3.63, 3.8) is 0 Å².